The summed E-state index contributed by atoms with van der Waals surface area (Å²) in [5.41, 5.74) is 0.820. The number of piperidine rings is 1. The summed E-state index contributed by atoms with van der Waals surface area (Å²) < 4.78 is 5.70. The van der Waals surface area contributed by atoms with Gasteiger partial charge in [-0.3, -0.25) is 9.59 Å². The van der Waals surface area contributed by atoms with Crippen LogP contribution in [0.4, 0.5) is 0 Å². The van der Waals surface area contributed by atoms with E-state index < -0.39 is 11.9 Å². The van der Waals surface area contributed by atoms with Crippen molar-refractivity contribution in [3.05, 3.63) is 35.9 Å². The second-order valence-corrected chi connectivity index (χ2v) is 9.49. The summed E-state index contributed by atoms with van der Waals surface area (Å²) in [4.78, 5) is 24.9. The summed E-state index contributed by atoms with van der Waals surface area (Å²) in [5.74, 6) is -1.52. The zero-order chi connectivity index (χ0) is 24.1. The Bertz CT molecular complexity index is 681. The maximum absolute atomic E-state index is 12.4. The number of aliphatic hydroxyl groups excluding tert-OH is 1. The number of hydrogen-bond donors (Lipinski definition) is 2. The lowest BCUT2D eigenvalue weighted by molar-refractivity contribution is -0.155. The summed E-state index contributed by atoms with van der Waals surface area (Å²) in [6.07, 6.45) is 12.9. The molecule has 2 aliphatic heterocycles. The highest BCUT2D eigenvalue weighted by molar-refractivity contribution is 5.78. The number of nitrogens with zero attached hydrogens (tertiary/aromatic N) is 1. The van der Waals surface area contributed by atoms with Gasteiger partial charge in [-0.25, -0.2) is 0 Å². The van der Waals surface area contributed by atoms with E-state index in [0.29, 0.717) is 18.5 Å². The van der Waals surface area contributed by atoms with Gasteiger partial charge in [0.2, 0.25) is 0 Å². The van der Waals surface area contributed by atoms with E-state index in [0.717, 1.165) is 31.2 Å². The average Bonchev–Trinajstić information content (AvgIpc) is 3.00. The number of hydrogen-bond acceptors (Lipinski definition) is 5. The fraction of sp³-hybridized carbons (Fsp3) is 0.704. The van der Waals surface area contributed by atoms with E-state index in [1.54, 1.807) is 0 Å². The van der Waals surface area contributed by atoms with E-state index in [4.69, 9.17) is 9.84 Å². The number of aliphatic hydroxyl groups is 1. The number of ether oxygens (including phenoxy) is 1. The number of carboxylic acids is 1. The van der Waals surface area contributed by atoms with Crippen LogP contribution in [-0.4, -0.2) is 58.9 Å². The molecule has 2 aliphatic rings. The number of rotatable bonds is 12. The van der Waals surface area contributed by atoms with E-state index in [9.17, 15) is 14.7 Å². The maximum Gasteiger partial charge on any atom is 0.316 e. The highest BCUT2D eigenvalue weighted by Gasteiger charge is 2.40. The Kier molecular flexibility index (Phi) is 12.5. The van der Waals surface area contributed by atoms with Gasteiger partial charge in [0.05, 0.1) is 6.61 Å². The Morgan fingerprint density at radius 2 is 1.58 bits per heavy atom. The topological polar surface area (TPSA) is 87.1 Å². The van der Waals surface area contributed by atoms with Gasteiger partial charge >= 0.3 is 11.9 Å². The molecule has 3 unspecified atom stereocenters. The second kappa shape index (κ2) is 15.1. The molecule has 0 radical (unpaired) electrons. The fourth-order valence-electron chi connectivity index (χ4n) is 4.94. The van der Waals surface area contributed by atoms with Crippen molar-refractivity contribution in [2.75, 3.05) is 13.7 Å². The van der Waals surface area contributed by atoms with Crippen molar-refractivity contribution in [1.82, 2.24) is 4.90 Å². The molecule has 33 heavy (non-hydrogen) atoms. The van der Waals surface area contributed by atoms with E-state index in [2.05, 4.69) is 18.9 Å². The van der Waals surface area contributed by atoms with Crippen molar-refractivity contribution in [3.63, 3.8) is 0 Å². The van der Waals surface area contributed by atoms with Gasteiger partial charge in [0, 0.05) is 18.5 Å². The van der Waals surface area contributed by atoms with Crippen molar-refractivity contribution in [2.45, 2.75) is 108 Å². The van der Waals surface area contributed by atoms with Crippen LogP contribution >= 0.6 is 0 Å². The Labute approximate surface area is 199 Å². The minimum absolute atomic E-state index is 0.00367. The van der Waals surface area contributed by atoms with Crippen LogP contribution in [0.3, 0.4) is 0 Å². The summed E-state index contributed by atoms with van der Waals surface area (Å²) in [6.45, 7) is 1.99. The zero-order valence-corrected chi connectivity index (χ0v) is 20.5. The molecule has 2 saturated heterocycles. The third-order valence-electron chi connectivity index (χ3n) is 7.00. The van der Waals surface area contributed by atoms with Gasteiger partial charge in [-0.1, -0.05) is 75.8 Å². The summed E-state index contributed by atoms with van der Waals surface area (Å²) in [6, 6.07) is 10.5. The van der Waals surface area contributed by atoms with Crippen molar-refractivity contribution < 1.29 is 24.5 Å². The molecule has 0 aromatic heterocycles. The van der Waals surface area contributed by atoms with Gasteiger partial charge in [0.1, 0.15) is 12.0 Å². The molecule has 0 aliphatic carbocycles. The van der Waals surface area contributed by atoms with Crippen LogP contribution in [-0.2, 0) is 14.3 Å². The van der Waals surface area contributed by atoms with Gasteiger partial charge in [-0.15, -0.1) is 0 Å². The standard InChI is InChI=1S/C17H23NO3.C10H20O2/c1-18-13-7-8-14(18)10-15(9-13)21-17(20)16(11-19)12-5-3-2-4-6-12;1-2-3-4-5-6-7-8-9-10(11)12/h2-6,13-16,19H,7-11H2,1H3;2-9H2,1H3,(H,11,12). The van der Waals surface area contributed by atoms with Crippen molar-refractivity contribution in [3.8, 4) is 0 Å². The number of carbonyl (C=O) groups excluding carboxylic acids is 1. The third kappa shape index (κ3) is 9.46. The first-order chi connectivity index (χ1) is 16.0. The largest absolute Gasteiger partial charge is 0.481 e. The minimum Gasteiger partial charge on any atom is -0.481 e. The lowest BCUT2D eigenvalue weighted by Gasteiger charge is -2.36. The molecule has 3 atom stereocenters. The summed E-state index contributed by atoms with van der Waals surface area (Å²) >= 11 is 0. The van der Waals surface area contributed by atoms with Crippen molar-refractivity contribution in [1.29, 1.82) is 0 Å². The SMILES string of the molecule is CCCCCCCCCC(=O)O.CN1C2CCC1CC(OC(=O)C(CO)c1ccccc1)C2. The third-order valence-corrected chi connectivity index (χ3v) is 7.00. The number of fused-ring (bicyclic) bond motifs is 2. The summed E-state index contributed by atoms with van der Waals surface area (Å²) in [5, 5.41) is 17.9. The highest BCUT2D eigenvalue weighted by Crippen LogP contribution is 2.36. The maximum atomic E-state index is 12.4. The van der Waals surface area contributed by atoms with Crippen molar-refractivity contribution in [2.24, 2.45) is 0 Å². The van der Waals surface area contributed by atoms with Crippen LogP contribution < -0.4 is 0 Å². The van der Waals surface area contributed by atoms with E-state index in [-0.39, 0.29) is 18.7 Å². The Balaban J connectivity index is 0.000000277. The molecule has 1 aromatic rings. The molecule has 3 rings (SSSR count). The van der Waals surface area contributed by atoms with Gasteiger partial charge in [-0.05, 0) is 44.7 Å². The molecule has 2 bridgehead atoms. The van der Waals surface area contributed by atoms with Crippen molar-refractivity contribution >= 4 is 11.9 Å². The van der Waals surface area contributed by atoms with Gasteiger partial charge < -0.3 is 19.8 Å². The second-order valence-electron chi connectivity index (χ2n) is 9.49. The highest BCUT2D eigenvalue weighted by atomic mass is 16.5. The molecule has 2 heterocycles. The smallest absolute Gasteiger partial charge is 0.316 e. The molecule has 2 fully saturated rings. The quantitative estimate of drug-likeness (QED) is 0.331. The predicted octanol–water partition coefficient (Wildman–Crippen LogP) is 5.14. The molecule has 0 spiro atoms. The Hall–Kier alpha value is -1.92. The molecule has 0 saturated carbocycles. The van der Waals surface area contributed by atoms with E-state index in [1.807, 2.05) is 30.3 Å². The first-order valence-corrected chi connectivity index (χ1v) is 12.8. The number of esters is 1. The van der Waals surface area contributed by atoms with Crippen LogP contribution in [0.2, 0.25) is 0 Å². The number of carboxylic acid groups (broad SMARTS) is 1. The van der Waals surface area contributed by atoms with Crippen LogP contribution in [0.1, 0.15) is 95.5 Å². The molecule has 0 amide bonds. The van der Waals surface area contributed by atoms with Crippen LogP contribution in [0.25, 0.3) is 0 Å². The number of carbonyl (C=O) groups is 2. The average molecular weight is 462 g/mol. The molecular weight excluding hydrogens is 418 g/mol. The Morgan fingerprint density at radius 3 is 2.12 bits per heavy atom. The molecule has 1 aromatic carbocycles. The molecule has 186 valence electrons. The lowest BCUT2D eigenvalue weighted by atomic mass is 9.98. The normalized spacial score (nSPS) is 22.8. The number of unbranched alkanes of at least 4 members (excludes halogenated alkanes) is 6. The summed E-state index contributed by atoms with van der Waals surface area (Å²) in [7, 11) is 2.17. The molecule has 6 heteroatoms. The van der Waals surface area contributed by atoms with Gasteiger partial charge in [0.15, 0.2) is 0 Å². The van der Waals surface area contributed by atoms with E-state index >= 15 is 0 Å². The first kappa shape index (κ1) is 27.3. The fourth-order valence-corrected chi connectivity index (χ4v) is 4.94. The first-order valence-electron chi connectivity index (χ1n) is 12.8. The van der Waals surface area contributed by atoms with Gasteiger partial charge in [0.25, 0.3) is 0 Å². The molecule has 6 nitrogen and oxygen atoms in total. The zero-order valence-electron chi connectivity index (χ0n) is 20.5. The number of aliphatic carboxylic acids is 1. The van der Waals surface area contributed by atoms with Crippen LogP contribution in [0, 0.1) is 0 Å². The predicted molar refractivity (Wildman–Crippen MR) is 130 cm³/mol. The monoisotopic (exact) mass is 461 g/mol. The minimum atomic E-state index is -0.663. The molecule has 2 N–H and O–H groups in total. The van der Waals surface area contributed by atoms with Crippen LogP contribution in [0.15, 0.2) is 30.3 Å². The Morgan fingerprint density at radius 1 is 1.00 bits per heavy atom. The van der Waals surface area contributed by atoms with Crippen LogP contribution in [0.5, 0.6) is 0 Å². The van der Waals surface area contributed by atoms with E-state index in [1.165, 1.54) is 44.9 Å². The lowest BCUT2D eigenvalue weighted by Crippen LogP contribution is -2.43. The number of benzene rings is 1. The van der Waals surface area contributed by atoms with Gasteiger partial charge in [-0.2, -0.15) is 0 Å². The molecular formula is C27H43NO5.